The van der Waals surface area contributed by atoms with E-state index in [4.69, 9.17) is 0 Å². The molecule has 0 heterocycles. The number of halogens is 2. The summed E-state index contributed by atoms with van der Waals surface area (Å²) in [7, 11) is 0. The lowest BCUT2D eigenvalue weighted by atomic mass is 9.54. The molecular weight excluding hydrogens is 256 g/mol. The zero-order chi connectivity index (χ0) is 13.7. The molecule has 0 atom stereocenters. The highest BCUT2D eigenvalue weighted by atomic mass is 19.2. The molecule has 0 saturated heterocycles. The number of hydrogen-bond donors (Lipinski definition) is 1. The SMILES string of the molecule is Fc1ccc(CNC2C3CC4CC(C3)CC2C4)cc1F. The van der Waals surface area contributed by atoms with Crippen LogP contribution in [0.5, 0.6) is 0 Å². The second kappa shape index (κ2) is 4.80. The molecule has 0 amide bonds. The minimum Gasteiger partial charge on any atom is -0.309 e. The fourth-order valence-corrected chi connectivity index (χ4v) is 5.14. The zero-order valence-electron chi connectivity index (χ0n) is 11.6. The van der Waals surface area contributed by atoms with E-state index >= 15 is 0 Å². The molecule has 0 spiro atoms. The molecule has 4 aliphatic carbocycles. The monoisotopic (exact) mass is 277 g/mol. The van der Waals surface area contributed by atoms with E-state index in [1.54, 1.807) is 6.07 Å². The number of nitrogens with one attached hydrogen (secondary N) is 1. The summed E-state index contributed by atoms with van der Waals surface area (Å²) in [4.78, 5) is 0. The molecule has 0 aromatic heterocycles. The first-order chi connectivity index (χ1) is 9.69. The van der Waals surface area contributed by atoms with Crippen molar-refractivity contribution in [2.24, 2.45) is 23.7 Å². The van der Waals surface area contributed by atoms with Crippen molar-refractivity contribution in [1.29, 1.82) is 0 Å². The van der Waals surface area contributed by atoms with Gasteiger partial charge < -0.3 is 5.32 Å². The second-order valence-corrected chi connectivity index (χ2v) is 7.09. The molecule has 4 bridgehead atoms. The first-order valence-electron chi connectivity index (χ1n) is 7.86. The van der Waals surface area contributed by atoms with Gasteiger partial charge in [-0.05, 0) is 73.5 Å². The van der Waals surface area contributed by atoms with Crippen LogP contribution in [0.4, 0.5) is 8.78 Å². The van der Waals surface area contributed by atoms with Crippen LogP contribution >= 0.6 is 0 Å². The van der Waals surface area contributed by atoms with Crippen LogP contribution in [0.2, 0.25) is 0 Å². The zero-order valence-corrected chi connectivity index (χ0v) is 11.6. The van der Waals surface area contributed by atoms with Crippen LogP contribution in [0.15, 0.2) is 18.2 Å². The summed E-state index contributed by atoms with van der Waals surface area (Å²) in [5, 5.41) is 3.64. The highest BCUT2D eigenvalue weighted by molar-refractivity contribution is 5.18. The third-order valence-electron chi connectivity index (χ3n) is 5.75. The average Bonchev–Trinajstić information content (AvgIpc) is 2.41. The largest absolute Gasteiger partial charge is 0.309 e. The van der Waals surface area contributed by atoms with Crippen molar-refractivity contribution in [2.45, 2.75) is 44.7 Å². The molecule has 0 unspecified atom stereocenters. The summed E-state index contributed by atoms with van der Waals surface area (Å²) in [6.07, 6.45) is 6.97. The van der Waals surface area contributed by atoms with E-state index in [1.807, 2.05) is 0 Å². The molecule has 0 aliphatic heterocycles. The van der Waals surface area contributed by atoms with Crippen LogP contribution in [-0.4, -0.2) is 6.04 Å². The third kappa shape index (κ3) is 2.16. The minimum atomic E-state index is -0.761. The van der Waals surface area contributed by atoms with Crippen molar-refractivity contribution in [3.63, 3.8) is 0 Å². The van der Waals surface area contributed by atoms with Gasteiger partial charge in [0.25, 0.3) is 0 Å². The molecule has 108 valence electrons. The van der Waals surface area contributed by atoms with E-state index < -0.39 is 11.6 Å². The number of hydrogen-bond acceptors (Lipinski definition) is 1. The molecule has 3 heteroatoms. The first-order valence-corrected chi connectivity index (χ1v) is 7.86. The van der Waals surface area contributed by atoms with Crippen molar-refractivity contribution in [1.82, 2.24) is 5.32 Å². The standard InChI is InChI=1S/C17H21F2N/c18-15-2-1-10(8-16(15)19)9-20-17-13-4-11-3-12(6-13)7-14(17)5-11/h1-2,8,11-14,17,20H,3-7,9H2. The summed E-state index contributed by atoms with van der Waals surface area (Å²) >= 11 is 0. The van der Waals surface area contributed by atoms with Crippen LogP contribution in [-0.2, 0) is 6.54 Å². The molecule has 20 heavy (non-hydrogen) atoms. The van der Waals surface area contributed by atoms with Gasteiger partial charge in [0.15, 0.2) is 11.6 Å². The van der Waals surface area contributed by atoms with E-state index in [-0.39, 0.29) is 0 Å². The van der Waals surface area contributed by atoms with Gasteiger partial charge in [-0.3, -0.25) is 0 Å². The van der Waals surface area contributed by atoms with Gasteiger partial charge in [0, 0.05) is 12.6 Å². The van der Waals surface area contributed by atoms with Crippen LogP contribution in [0.25, 0.3) is 0 Å². The summed E-state index contributed by atoms with van der Waals surface area (Å²) in [5.41, 5.74) is 0.845. The molecule has 1 nitrogen and oxygen atoms in total. The molecule has 1 N–H and O–H groups in total. The van der Waals surface area contributed by atoms with E-state index in [9.17, 15) is 8.78 Å². The van der Waals surface area contributed by atoms with Crippen molar-refractivity contribution in [2.75, 3.05) is 0 Å². The van der Waals surface area contributed by atoms with Gasteiger partial charge in [-0.2, -0.15) is 0 Å². The third-order valence-corrected chi connectivity index (χ3v) is 5.75. The lowest BCUT2D eigenvalue weighted by Crippen LogP contribution is -2.54. The Morgan fingerprint density at radius 3 is 2.15 bits per heavy atom. The van der Waals surface area contributed by atoms with Gasteiger partial charge >= 0.3 is 0 Å². The Kier molecular flexibility index (Phi) is 3.06. The van der Waals surface area contributed by atoms with Crippen molar-refractivity contribution >= 4 is 0 Å². The van der Waals surface area contributed by atoms with Crippen molar-refractivity contribution < 1.29 is 8.78 Å². The van der Waals surface area contributed by atoms with E-state index in [0.29, 0.717) is 12.6 Å². The Morgan fingerprint density at radius 2 is 1.55 bits per heavy atom. The molecule has 1 aromatic rings. The van der Waals surface area contributed by atoms with E-state index in [2.05, 4.69) is 5.32 Å². The van der Waals surface area contributed by atoms with Crippen LogP contribution in [0.1, 0.15) is 37.7 Å². The minimum absolute atomic E-state index is 0.593. The van der Waals surface area contributed by atoms with Crippen LogP contribution in [0, 0.1) is 35.3 Å². The maximum absolute atomic E-state index is 13.2. The lowest BCUT2D eigenvalue weighted by molar-refractivity contribution is -0.0142. The van der Waals surface area contributed by atoms with Gasteiger partial charge in [0.1, 0.15) is 0 Å². The van der Waals surface area contributed by atoms with Crippen molar-refractivity contribution in [3.05, 3.63) is 35.4 Å². The molecular formula is C17H21F2N. The lowest BCUT2D eigenvalue weighted by Gasteiger charge is -2.54. The topological polar surface area (TPSA) is 12.0 Å². The smallest absolute Gasteiger partial charge is 0.159 e. The Hall–Kier alpha value is -0.960. The van der Waals surface area contributed by atoms with Crippen LogP contribution < -0.4 is 5.32 Å². The Balaban J connectivity index is 1.43. The summed E-state index contributed by atoms with van der Waals surface area (Å²) < 4.78 is 26.2. The van der Waals surface area contributed by atoms with Crippen molar-refractivity contribution in [3.8, 4) is 0 Å². The Morgan fingerprint density at radius 1 is 0.900 bits per heavy atom. The van der Waals surface area contributed by atoms with Crippen LogP contribution in [0.3, 0.4) is 0 Å². The molecule has 0 radical (unpaired) electrons. The van der Waals surface area contributed by atoms with Gasteiger partial charge in [0.05, 0.1) is 0 Å². The van der Waals surface area contributed by atoms with E-state index in [1.165, 1.54) is 44.2 Å². The number of benzene rings is 1. The molecule has 1 aromatic carbocycles. The quantitative estimate of drug-likeness (QED) is 0.884. The normalized spacial score (nSPS) is 38.4. The Bertz CT molecular complexity index is 486. The highest BCUT2D eigenvalue weighted by Gasteiger charge is 2.47. The predicted molar refractivity (Wildman–Crippen MR) is 74.0 cm³/mol. The summed E-state index contributed by atoms with van der Waals surface area (Å²) in [6, 6.07) is 4.82. The summed E-state index contributed by atoms with van der Waals surface area (Å²) in [6.45, 7) is 0.657. The Labute approximate surface area is 118 Å². The first kappa shape index (κ1) is 12.8. The highest BCUT2D eigenvalue weighted by Crippen LogP contribution is 2.53. The van der Waals surface area contributed by atoms with E-state index in [0.717, 1.165) is 29.2 Å². The molecule has 4 aliphatic rings. The van der Waals surface area contributed by atoms with Gasteiger partial charge in [-0.15, -0.1) is 0 Å². The maximum atomic E-state index is 13.2. The molecule has 4 saturated carbocycles. The maximum Gasteiger partial charge on any atom is 0.159 e. The molecule has 4 fully saturated rings. The fourth-order valence-electron chi connectivity index (χ4n) is 5.14. The second-order valence-electron chi connectivity index (χ2n) is 7.09. The number of rotatable bonds is 3. The van der Waals surface area contributed by atoms with Gasteiger partial charge in [-0.1, -0.05) is 6.07 Å². The van der Waals surface area contributed by atoms with Gasteiger partial charge in [-0.25, -0.2) is 8.78 Å². The fraction of sp³-hybridized carbons (Fsp3) is 0.647. The summed E-state index contributed by atoms with van der Waals surface area (Å²) in [5.74, 6) is 2.07. The molecule has 5 rings (SSSR count). The predicted octanol–water partition coefficient (Wildman–Crippen LogP) is 3.88. The van der Waals surface area contributed by atoms with Gasteiger partial charge in [0.2, 0.25) is 0 Å². The average molecular weight is 277 g/mol.